The van der Waals surface area contributed by atoms with Crippen LogP contribution in [0.4, 0.5) is 5.69 Å². The summed E-state index contributed by atoms with van der Waals surface area (Å²) in [6.07, 6.45) is 0. The van der Waals surface area contributed by atoms with Gasteiger partial charge in [0.25, 0.3) is 0 Å². The van der Waals surface area contributed by atoms with E-state index in [2.05, 4.69) is 5.32 Å². The van der Waals surface area contributed by atoms with Crippen molar-refractivity contribution in [1.82, 2.24) is 0 Å². The Morgan fingerprint density at radius 1 is 1.00 bits per heavy atom. The van der Waals surface area contributed by atoms with Crippen molar-refractivity contribution in [2.75, 3.05) is 12.4 Å². The minimum absolute atomic E-state index is 0.199. The van der Waals surface area contributed by atoms with Crippen LogP contribution < -0.4 is 10.1 Å². The second kappa shape index (κ2) is 5.74. The lowest BCUT2D eigenvalue weighted by Crippen LogP contribution is -2.02. The molecular formula is C16H19NO3. The quantitative estimate of drug-likeness (QED) is 0.748. The molecule has 0 heterocycles. The molecule has 0 fully saturated rings. The van der Waals surface area contributed by atoms with E-state index >= 15 is 0 Å². The summed E-state index contributed by atoms with van der Waals surface area (Å²) in [7, 11) is 1.56. The Balaban J connectivity index is 2.15. The van der Waals surface area contributed by atoms with Gasteiger partial charge in [0.05, 0.1) is 7.11 Å². The fourth-order valence-electron chi connectivity index (χ4n) is 2.00. The van der Waals surface area contributed by atoms with Crippen LogP contribution in [-0.4, -0.2) is 17.3 Å². The van der Waals surface area contributed by atoms with Gasteiger partial charge in [-0.1, -0.05) is 0 Å². The number of phenols is 2. The van der Waals surface area contributed by atoms with Crippen LogP contribution in [0.5, 0.6) is 17.2 Å². The van der Waals surface area contributed by atoms with Crippen molar-refractivity contribution in [1.29, 1.82) is 0 Å². The Kier molecular flexibility index (Phi) is 4.03. The number of rotatable bonds is 4. The van der Waals surface area contributed by atoms with E-state index in [4.69, 9.17) is 4.74 Å². The maximum absolute atomic E-state index is 9.91. The molecular weight excluding hydrogens is 254 g/mol. The lowest BCUT2D eigenvalue weighted by Gasteiger charge is -2.13. The summed E-state index contributed by atoms with van der Waals surface area (Å²) in [5.41, 5.74) is 3.50. The van der Waals surface area contributed by atoms with Gasteiger partial charge in [-0.3, -0.25) is 0 Å². The average molecular weight is 273 g/mol. The Bertz CT molecular complexity index is 623. The highest BCUT2D eigenvalue weighted by Crippen LogP contribution is 2.27. The molecule has 0 spiro atoms. The molecule has 4 nitrogen and oxygen atoms in total. The van der Waals surface area contributed by atoms with E-state index in [0.29, 0.717) is 18.0 Å². The summed E-state index contributed by atoms with van der Waals surface area (Å²) in [5, 5.41) is 22.8. The third-order valence-electron chi connectivity index (χ3n) is 3.30. The molecule has 2 rings (SSSR count). The smallest absolute Gasteiger partial charge is 0.124 e. The van der Waals surface area contributed by atoms with Crippen molar-refractivity contribution < 1.29 is 14.9 Å². The third kappa shape index (κ3) is 2.96. The molecule has 0 saturated carbocycles. The normalized spacial score (nSPS) is 10.3. The number of ether oxygens (including phenoxy) is 1. The summed E-state index contributed by atoms with van der Waals surface area (Å²) >= 11 is 0. The highest BCUT2D eigenvalue weighted by molar-refractivity contribution is 5.57. The van der Waals surface area contributed by atoms with Crippen molar-refractivity contribution in [3.8, 4) is 17.2 Å². The number of aryl methyl sites for hydroxylation is 2. The number of aromatic hydroxyl groups is 2. The van der Waals surface area contributed by atoms with Crippen LogP contribution in [0.15, 0.2) is 30.3 Å². The first-order valence-electron chi connectivity index (χ1n) is 6.41. The molecule has 0 atom stereocenters. The maximum atomic E-state index is 9.91. The predicted octanol–water partition coefficient (Wildman–Crippen LogP) is 3.34. The summed E-state index contributed by atoms with van der Waals surface area (Å²) in [4.78, 5) is 0. The zero-order chi connectivity index (χ0) is 14.7. The second-order valence-corrected chi connectivity index (χ2v) is 4.80. The molecule has 0 aliphatic rings. The van der Waals surface area contributed by atoms with Crippen LogP contribution in [0.25, 0.3) is 0 Å². The van der Waals surface area contributed by atoms with Gasteiger partial charge in [0.15, 0.2) is 0 Å². The molecule has 0 bridgehead atoms. The van der Waals surface area contributed by atoms with Crippen LogP contribution in [-0.2, 0) is 6.54 Å². The fraction of sp³-hybridized carbons (Fsp3) is 0.250. The monoisotopic (exact) mass is 273 g/mol. The van der Waals surface area contributed by atoms with E-state index in [0.717, 1.165) is 22.4 Å². The van der Waals surface area contributed by atoms with Gasteiger partial charge in [0.1, 0.15) is 17.2 Å². The fourth-order valence-corrected chi connectivity index (χ4v) is 2.00. The molecule has 0 aliphatic carbocycles. The zero-order valence-electron chi connectivity index (χ0n) is 11.9. The van der Waals surface area contributed by atoms with Crippen molar-refractivity contribution in [3.63, 3.8) is 0 Å². The molecule has 0 radical (unpaired) electrons. The van der Waals surface area contributed by atoms with Gasteiger partial charge in [-0.25, -0.2) is 0 Å². The highest BCUT2D eigenvalue weighted by atomic mass is 16.5. The third-order valence-corrected chi connectivity index (χ3v) is 3.30. The van der Waals surface area contributed by atoms with Gasteiger partial charge in [0, 0.05) is 23.9 Å². The molecule has 0 saturated heterocycles. The van der Waals surface area contributed by atoms with Gasteiger partial charge >= 0.3 is 0 Å². The van der Waals surface area contributed by atoms with E-state index in [1.165, 1.54) is 0 Å². The standard InChI is InChI=1S/C16H19NO3/c1-10-7-15(18)11(2)6-14(10)17-9-12-4-5-13(20-3)8-16(12)19/h4-8,17-19H,9H2,1-3H3. The van der Waals surface area contributed by atoms with Crippen LogP contribution >= 0.6 is 0 Å². The number of nitrogens with one attached hydrogen (secondary N) is 1. The van der Waals surface area contributed by atoms with E-state index in [9.17, 15) is 10.2 Å². The molecule has 2 aromatic carbocycles. The SMILES string of the molecule is COc1ccc(CNc2cc(C)c(O)cc2C)c(O)c1. The average Bonchev–Trinajstić information content (AvgIpc) is 2.42. The van der Waals surface area contributed by atoms with E-state index in [1.807, 2.05) is 32.0 Å². The predicted molar refractivity (Wildman–Crippen MR) is 79.6 cm³/mol. The Morgan fingerprint density at radius 3 is 2.40 bits per heavy atom. The molecule has 0 unspecified atom stereocenters. The molecule has 2 aromatic rings. The number of anilines is 1. The highest BCUT2D eigenvalue weighted by Gasteiger charge is 2.06. The molecule has 0 aromatic heterocycles. The molecule has 0 aliphatic heterocycles. The Labute approximate surface area is 118 Å². The van der Waals surface area contributed by atoms with Crippen molar-refractivity contribution in [2.45, 2.75) is 20.4 Å². The lowest BCUT2D eigenvalue weighted by atomic mass is 10.1. The zero-order valence-corrected chi connectivity index (χ0v) is 11.9. The van der Waals surface area contributed by atoms with Gasteiger partial charge in [-0.05, 0) is 49.2 Å². The van der Waals surface area contributed by atoms with E-state index in [1.54, 1.807) is 19.2 Å². The lowest BCUT2D eigenvalue weighted by molar-refractivity contribution is 0.406. The first-order valence-corrected chi connectivity index (χ1v) is 6.41. The van der Waals surface area contributed by atoms with Crippen LogP contribution in [0, 0.1) is 13.8 Å². The number of benzene rings is 2. The summed E-state index contributed by atoms with van der Waals surface area (Å²) < 4.78 is 5.05. The van der Waals surface area contributed by atoms with Crippen molar-refractivity contribution in [2.24, 2.45) is 0 Å². The van der Waals surface area contributed by atoms with Gasteiger partial charge in [0.2, 0.25) is 0 Å². The van der Waals surface area contributed by atoms with Gasteiger partial charge < -0.3 is 20.3 Å². The maximum Gasteiger partial charge on any atom is 0.124 e. The molecule has 0 amide bonds. The molecule has 106 valence electrons. The second-order valence-electron chi connectivity index (χ2n) is 4.80. The minimum atomic E-state index is 0.199. The topological polar surface area (TPSA) is 61.7 Å². The minimum Gasteiger partial charge on any atom is -0.508 e. The largest absolute Gasteiger partial charge is 0.508 e. The van der Waals surface area contributed by atoms with Crippen molar-refractivity contribution >= 4 is 5.69 Å². The van der Waals surface area contributed by atoms with Crippen LogP contribution in [0.3, 0.4) is 0 Å². The number of phenolic OH excluding ortho intramolecular Hbond substituents is 2. The van der Waals surface area contributed by atoms with E-state index < -0.39 is 0 Å². The Morgan fingerprint density at radius 2 is 1.75 bits per heavy atom. The molecule has 20 heavy (non-hydrogen) atoms. The molecule has 4 heteroatoms. The van der Waals surface area contributed by atoms with Crippen LogP contribution in [0.1, 0.15) is 16.7 Å². The number of hydrogen-bond acceptors (Lipinski definition) is 4. The van der Waals surface area contributed by atoms with E-state index in [-0.39, 0.29) is 5.75 Å². The number of methoxy groups -OCH3 is 1. The van der Waals surface area contributed by atoms with Gasteiger partial charge in [-0.2, -0.15) is 0 Å². The summed E-state index contributed by atoms with van der Waals surface area (Å²) in [6.45, 7) is 4.28. The Hall–Kier alpha value is -2.36. The van der Waals surface area contributed by atoms with Crippen LogP contribution in [0.2, 0.25) is 0 Å². The number of hydrogen-bond donors (Lipinski definition) is 3. The first-order chi connectivity index (χ1) is 9.51. The summed E-state index contributed by atoms with van der Waals surface area (Å²) in [5.74, 6) is 1.12. The first kappa shape index (κ1) is 14.1. The van der Waals surface area contributed by atoms with Gasteiger partial charge in [-0.15, -0.1) is 0 Å². The summed E-state index contributed by atoms with van der Waals surface area (Å²) in [6, 6.07) is 8.85. The van der Waals surface area contributed by atoms with Crippen molar-refractivity contribution in [3.05, 3.63) is 47.0 Å². The molecule has 3 N–H and O–H groups in total.